The summed E-state index contributed by atoms with van der Waals surface area (Å²) in [4.78, 5) is 2.48. The molecule has 3 fully saturated rings. The van der Waals surface area contributed by atoms with E-state index >= 15 is 0 Å². The molecule has 2 atom stereocenters. The van der Waals surface area contributed by atoms with Crippen molar-refractivity contribution >= 4 is 0 Å². The summed E-state index contributed by atoms with van der Waals surface area (Å²) in [6.45, 7) is 3.20. The topological polar surface area (TPSA) is 21.7 Å². The Hall–Kier alpha value is -1.06. The Labute approximate surface area is 96.0 Å². The van der Waals surface area contributed by atoms with Gasteiger partial charge in [-0.15, -0.1) is 0 Å². The van der Waals surface area contributed by atoms with Crippen LogP contribution in [0, 0.1) is 0 Å². The Bertz CT molecular complexity index is 347. The van der Waals surface area contributed by atoms with Gasteiger partial charge in [-0.25, -0.2) is 0 Å². The molecule has 0 amide bonds. The molecule has 2 unspecified atom stereocenters. The molecule has 0 radical (unpaired) electrons. The Balaban J connectivity index is 1.60. The quantitative estimate of drug-likeness (QED) is 0.772. The van der Waals surface area contributed by atoms with Crippen molar-refractivity contribution in [2.24, 2.45) is 0 Å². The first-order chi connectivity index (χ1) is 7.83. The number of hydrogen-bond acceptors (Lipinski definition) is 3. The van der Waals surface area contributed by atoms with Crippen LogP contribution in [0.5, 0.6) is 5.75 Å². The van der Waals surface area contributed by atoms with Gasteiger partial charge < -0.3 is 9.47 Å². The number of piperidine rings is 1. The first kappa shape index (κ1) is 10.1. The Morgan fingerprint density at radius 2 is 1.88 bits per heavy atom. The summed E-state index contributed by atoms with van der Waals surface area (Å²) in [5, 5.41) is 0. The first-order valence-corrected chi connectivity index (χ1v) is 5.84. The third-order valence-electron chi connectivity index (χ3n) is 3.40. The first-order valence-electron chi connectivity index (χ1n) is 5.84. The lowest BCUT2D eigenvalue weighted by atomic mass is 9.98. The fraction of sp³-hybridized carbons (Fsp3) is 0.538. The highest BCUT2D eigenvalue weighted by atomic mass is 16.5. The summed E-state index contributed by atoms with van der Waals surface area (Å²) in [6.07, 6.45) is 2.26. The average molecular weight is 219 g/mol. The molecule has 16 heavy (non-hydrogen) atoms. The molecule has 0 aliphatic carbocycles. The van der Waals surface area contributed by atoms with Gasteiger partial charge in [0.2, 0.25) is 0 Å². The minimum atomic E-state index is 0.497. The second kappa shape index (κ2) is 4.07. The molecule has 0 saturated carbocycles. The van der Waals surface area contributed by atoms with Crippen LogP contribution in [0.25, 0.3) is 0 Å². The van der Waals surface area contributed by atoms with Crippen molar-refractivity contribution in [3.63, 3.8) is 0 Å². The minimum absolute atomic E-state index is 0.497. The number of hydrogen-bond donors (Lipinski definition) is 0. The van der Waals surface area contributed by atoms with Crippen molar-refractivity contribution in [2.75, 3.05) is 20.2 Å². The molecule has 0 spiro atoms. The molecule has 86 valence electrons. The van der Waals surface area contributed by atoms with E-state index in [2.05, 4.69) is 17.0 Å². The number of ether oxygens (including phenoxy) is 2. The molecule has 3 heteroatoms. The lowest BCUT2D eigenvalue weighted by Crippen LogP contribution is -2.56. The van der Waals surface area contributed by atoms with Crippen LogP contribution in [-0.2, 0) is 11.3 Å². The molecule has 3 saturated heterocycles. The van der Waals surface area contributed by atoms with Crippen LogP contribution in [0.4, 0.5) is 0 Å². The lowest BCUT2D eigenvalue weighted by Gasteiger charge is -2.47. The van der Waals surface area contributed by atoms with E-state index in [1.54, 1.807) is 7.11 Å². The maximum absolute atomic E-state index is 5.62. The summed E-state index contributed by atoms with van der Waals surface area (Å²) in [5.41, 5.74) is 1.35. The van der Waals surface area contributed by atoms with Crippen LogP contribution in [0.1, 0.15) is 12.0 Å². The summed E-state index contributed by atoms with van der Waals surface area (Å²) in [5.74, 6) is 0.925. The zero-order chi connectivity index (χ0) is 11.0. The fourth-order valence-corrected chi connectivity index (χ4v) is 2.56. The molecule has 3 aliphatic rings. The SMILES string of the molecule is COc1ccc(CN2CC3CC(C2)O3)cc1. The predicted octanol–water partition coefficient (Wildman–Crippen LogP) is 1.67. The summed E-state index contributed by atoms with van der Waals surface area (Å²) >= 11 is 0. The second-order valence-corrected chi connectivity index (χ2v) is 4.66. The van der Waals surface area contributed by atoms with Gasteiger partial charge in [0.15, 0.2) is 0 Å². The molecule has 1 aromatic carbocycles. The van der Waals surface area contributed by atoms with Crippen molar-refractivity contribution in [1.29, 1.82) is 0 Å². The summed E-state index contributed by atoms with van der Waals surface area (Å²) in [6, 6.07) is 8.33. The van der Waals surface area contributed by atoms with Crippen LogP contribution in [0.15, 0.2) is 24.3 Å². The number of morpholine rings is 1. The number of benzene rings is 1. The van der Waals surface area contributed by atoms with Crippen molar-refractivity contribution in [3.8, 4) is 5.75 Å². The highest BCUT2D eigenvalue weighted by Gasteiger charge is 2.37. The van der Waals surface area contributed by atoms with Crippen LogP contribution < -0.4 is 4.74 Å². The van der Waals surface area contributed by atoms with E-state index in [4.69, 9.17) is 9.47 Å². The van der Waals surface area contributed by atoms with E-state index in [0.29, 0.717) is 12.2 Å². The zero-order valence-corrected chi connectivity index (χ0v) is 9.56. The molecular weight excluding hydrogens is 202 g/mol. The third-order valence-corrected chi connectivity index (χ3v) is 3.40. The van der Waals surface area contributed by atoms with Gasteiger partial charge in [0.05, 0.1) is 19.3 Å². The van der Waals surface area contributed by atoms with Crippen LogP contribution in [0.3, 0.4) is 0 Å². The molecular formula is C13H17NO2. The zero-order valence-electron chi connectivity index (χ0n) is 9.56. The van der Waals surface area contributed by atoms with E-state index in [9.17, 15) is 0 Å². The molecule has 3 nitrogen and oxygen atoms in total. The van der Waals surface area contributed by atoms with Gasteiger partial charge in [-0.05, 0) is 17.7 Å². The molecule has 0 N–H and O–H groups in total. The highest BCUT2D eigenvalue weighted by molar-refractivity contribution is 5.27. The van der Waals surface area contributed by atoms with Crippen LogP contribution in [-0.4, -0.2) is 37.3 Å². The van der Waals surface area contributed by atoms with Crippen LogP contribution in [0.2, 0.25) is 0 Å². The molecule has 3 aliphatic heterocycles. The second-order valence-electron chi connectivity index (χ2n) is 4.66. The normalized spacial score (nSPS) is 28.6. The van der Waals surface area contributed by atoms with Gasteiger partial charge in [-0.3, -0.25) is 4.90 Å². The monoisotopic (exact) mass is 219 g/mol. The van der Waals surface area contributed by atoms with Gasteiger partial charge in [0.25, 0.3) is 0 Å². The molecule has 2 bridgehead atoms. The Kier molecular flexibility index (Phi) is 2.58. The van der Waals surface area contributed by atoms with Crippen molar-refractivity contribution in [1.82, 2.24) is 4.90 Å². The largest absolute Gasteiger partial charge is 0.497 e. The Morgan fingerprint density at radius 1 is 1.25 bits per heavy atom. The summed E-state index contributed by atoms with van der Waals surface area (Å²) < 4.78 is 10.8. The third kappa shape index (κ3) is 1.93. The van der Waals surface area contributed by atoms with Crippen molar-refractivity contribution in [2.45, 2.75) is 25.2 Å². The Morgan fingerprint density at radius 3 is 2.44 bits per heavy atom. The number of fused-ring (bicyclic) bond motifs is 2. The van der Waals surface area contributed by atoms with Gasteiger partial charge in [-0.1, -0.05) is 12.1 Å². The van der Waals surface area contributed by atoms with E-state index in [1.165, 1.54) is 12.0 Å². The van der Waals surface area contributed by atoms with Gasteiger partial charge in [0, 0.05) is 26.1 Å². The van der Waals surface area contributed by atoms with E-state index in [0.717, 1.165) is 25.4 Å². The number of rotatable bonds is 3. The molecule has 4 rings (SSSR count). The molecule has 1 aromatic rings. The smallest absolute Gasteiger partial charge is 0.118 e. The molecule has 3 heterocycles. The van der Waals surface area contributed by atoms with Crippen LogP contribution >= 0.6 is 0 Å². The van der Waals surface area contributed by atoms with Crippen molar-refractivity contribution in [3.05, 3.63) is 29.8 Å². The number of nitrogens with zero attached hydrogens (tertiary/aromatic N) is 1. The van der Waals surface area contributed by atoms with E-state index in [-0.39, 0.29) is 0 Å². The summed E-state index contributed by atoms with van der Waals surface area (Å²) in [7, 11) is 1.70. The van der Waals surface area contributed by atoms with Gasteiger partial charge in [-0.2, -0.15) is 0 Å². The predicted molar refractivity (Wildman–Crippen MR) is 61.5 cm³/mol. The fourth-order valence-electron chi connectivity index (χ4n) is 2.56. The number of methoxy groups -OCH3 is 1. The lowest BCUT2D eigenvalue weighted by molar-refractivity contribution is -0.182. The van der Waals surface area contributed by atoms with Gasteiger partial charge in [0.1, 0.15) is 5.75 Å². The standard InChI is InChI=1S/C13H17NO2/c1-15-11-4-2-10(3-5-11)7-14-8-12-6-13(9-14)16-12/h2-5,12-13H,6-9H2,1H3. The molecule has 0 aromatic heterocycles. The van der Waals surface area contributed by atoms with E-state index < -0.39 is 0 Å². The highest BCUT2D eigenvalue weighted by Crippen LogP contribution is 2.28. The van der Waals surface area contributed by atoms with Crippen molar-refractivity contribution < 1.29 is 9.47 Å². The minimum Gasteiger partial charge on any atom is -0.497 e. The van der Waals surface area contributed by atoms with Gasteiger partial charge >= 0.3 is 0 Å². The van der Waals surface area contributed by atoms with E-state index in [1.807, 2.05) is 12.1 Å². The average Bonchev–Trinajstić information content (AvgIpc) is 2.29. The maximum Gasteiger partial charge on any atom is 0.118 e. The maximum atomic E-state index is 5.62.